The molecule has 2 N–H and O–H groups in total. The normalized spacial score (nSPS) is 10.9. The molecule has 0 aliphatic heterocycles. The predicted molar refractivity (Wildman–Crippen MR) is 115 cm³/mol. The van der Waals surface area contributed by atoms with Crippen molar-refractivity contribution in [1.29, 1.82) is 0 Å². The lowest BCUT2D eigenvalue weighted by Gasteiger charge is -2.12. The smallest absolute Gasteiger partial charge is 0.190 e. The van der Waals surface area contributed by atoms with E-state index in [-0.39, 0.29) is 24.0 Å². The van der Waals surface area contributed by atoms with Crippen molar-refractivity contribution >= 4 is 52.9 Å². The van der Waals surface area contributed by atoms with Crippen LogP contribution >= 0.6 is 46.9 Å². The van der Waals surface area contributed by atoms with Gasteiger partial charge in [0.1, 0.15) is 5.75 Å². The number of hydrogen-bond acceptors (Lipinski definition) is 3. The molecule has 4 nitrogen and oxygen atoms in total. The third-order valence-electron chi connectivity index (χ3n) is 3.41. The topological polar surface area (TPSA) is 45.7 Å². The number of aliphatic imine (C=N–C) groups is 1. The third kappa shape index (κ3) is 6.86. The van der Waals surface area contributed by atoms with Gasteiger partial charge in [0, 0.05) is 30.0 Å². The van der Waals surface area contributed by atoms with Crippen molar-refractivity contribution < 1.29 is 4.74 Å². The number of rotatable bonds is 7. The zero-order valence-electron chi connectivity index (χ0n) is 13.8. The minimum absolute atomic E-state index is 0. The van der Waals surface area contributed by atoms with Crippen LogP contribution in [0.3, 0.4) is 0 Å². The van der Waals surface area contributed by atoms with E-state index in [9.17, 15) is 0 Å². The summed E-state index contributed by atoms with van der Waals surface area (Å²) in [6.07, 6.45) is 1.83. The molecular formula is C17H23ClIN3OS. The number of benzene rings is 1. The highest BCUT2D eigenvalue weighted by Gasteiger charge is 2.03. The van der Waals surface area contributed by atoms with E-state index in [0.717, 1.165) is 48.2 Å². The molecule has 0 saturated carbocycles. The summed E-state index contributed by atoms with van der Waals surface area (Å²) < 4.78 is 5.16. The minimum atomic E-state index is 0. The molecule has 0 radical (unpaired) electrons. The molecule has 0 aliphatic carbocycles. The fourth-order valence-electron chi connectivity index (χ4n) is 2.15. The molecule has 0 fully saturated rings. The summed E-state index contributed by atoms with van der Waals surface area (Å²) in [7, 11) is 3.42. The molecule has 0 atom stereocenters. The lowest BCUT2D eigenvalue weighted by molar-refractivity contribution is 0.414. The van der Waals surface area contributed by atoms with Gasteiger partial charge in [0.05, 0.1) is 7.11 Å². The molecule has 1 heterocycles. The quantitative estimate of drug-likeness (QED) is 0.359. The van der Waals surface area contributed by atoms with E-state index in [4.69, 9.17) is 16.3 Å². The van der Waals surface area contributed by atoms with Crippen molar-refractivity contribution in [3.05, 3.63) is 51.2 Å². The molecule has 132 valence electrons. The molecule has 7 heteroatoms. The predicted octanol–water partition coefficient (Wildman–Crippen LogP) is 3.98. The molecule has 0 bridgehead atoms. The van der Waals surface area contributed by atoms with Crippen molar-refractivity contribution in [3.8, 4) is 5.75 Å². The first kappa shape index (κ1) is 21.1. The number of guanidine groups is 1. The average molecular weight is 480 g/mol. The van der Waals surface area contributed by atoms with Gasteiger partial charge in [-0.05, 0) is 42.0 Å². The number of ether oxygens (including phenoxy) is 1. The van der Waals surface area contributed by atoms with Crippen LogP contribution in [0.2, 0.25) is 5.02 Å². The van der Waals surface area contributed by atoms with Gasteiger partial charge in [-0.1, -0.05) is 23.7 Å². The van der Waals surface area contributed by atoms with Gasteiger partial charge < -0.3 is 15.4 Å². The number of nitrogens with zero attached hydrogens (tertiary/aromatic N) is 1. The van der Waals surface area contributed by atoms with E-state index in [1.54, 1.807) is 25.5 Å². The van der Waals surface area contributed by atoms with Crippen LogP contribution in [-0.4, -0.2) is 33.2 Å². The summed E-state index contributed by atoms with van der Waals surface area (Å²) in [6.45, 7) is 1.63. The van der Waals surface area contributed by atoms with Crippen LogP contribution in [0.15, 0.2) is 40.7 Å². The lowest BCUT2D eigenvalue weighted by atomic mass is 10.1. The Morgan fingerprint density at radius 2 is 1.96 bits per heavy atom. The van der Waals surface area contributed by atoms with Gasteiger partial charge >= 0.3 is 0 Å². The fourth-order valence-corrected chi connectivity index (χ4v) is 3.13. The largest absolute Gasteiger partial charge is 0.497 e. The highest BCUT2D eigenvalue weighted by atomic mass is 127. The second-order valence-electron chi connectivity index (χ2n) is 4.96. The van der Waals surface area contributed by atoms with Gasteiger partial charge in [-0.15, -0.1) is 35.3 Å². The van der Waals surface area contributed by atoms with Crippen molar-refractivity contribution in [3.63, 3.8) is 0 Å². The Kier molecular flexibility index (Phi) is 10.1. The highest BCUT2D eigenvalue weighted by molar-refractivity contribution is 14.0. The second-order valence-corrected chi connectivity index (χ2v) is 6.40. The van der Waals surface area contributed by atoms with E-state index in [1.165, 1.54) is 4.88 Å². The number of methoxy groups -OCH3 is 1. The lowest BCUT2D eigenvalue weighted by Crippen LogP contribution is -2.39. The van der Waals surface area contributed by atoms with Crippen LogP contribution < -0.4 is 15.4 Å². The molecule has 1 aromatic heterocycles. The van der Waals surface area contributed by atoms with Gasteiger partial charge in [-0.3, -0.25) is 4.99 Å². The number of hydrogen-bond donors (Lipinski definition) is 2. The molecular weight excluding hydrogens is 457 g/mol. The van der Waals surface area contributed by atoms with E-state index in [2.05, 4.69) is 33.1 Å². The maximum atomic E-state index is 6.25. The van der Waals surface area contributed by atoms with Gasteiger partial charge in [0.15, 0.2) is 5.96 Å². The first-order valence-electron chi connectivity index (χ1n) is 7.52. The Morgan fingerprint density at radius 3 is 2.54 bits per heavy atom. The number of nitrogens with one attached hydrogen (secondary N) is 2. The van der Waals surface area contributed by atoms with E-state index in [0.29, 0.717) is 0 Å². The summed E-state index contributed by atoms with van der Waals surface area (Å²) in [5.74, 6) is 1.59. The molecule has 0 amide bonds. The van der Waals surface area contributed by atoms with Crippen LogP contribution in [-0.2, 0) is 12.8 Å². The molecule has 24 heavy (non-hydrogen) atoms. The van der Waals surface area contributed by atoms with Gasteiger partial charge in [-0.25, -0.2) is 0 Å². The Morgan fingerprint density at radius 1 is 1.21 bits per heavy atom. The van der Waals surface area contributed by atoms with Gasteiger partial charge in [0.2, 0.25) is 0 Å². The third-order valence-corrected chi connectivity index (χ3v) is 4.70. The minimum Gasteiger partial charge on any atom is -0.497 e. The van der Waals surface area contributed by atoms with Crippen LogP contribution in [0.5, 0.6) is 5.75 Å². The summed E-state index contributed by atoms with van der Waals surface area (Å²) in [5.41, 5.74) is 1.09. The first-order chi connectivity index (χ1) is 11.2. The van der Waals surface area contributed by atoms with Crippen LogP contribution in [0.1, 0.15) is 10.4 Å². The summed E-state index contributed by atoms with van der Waals surface area (Å²) in [6, 6.07) is 9.98. The van der Waals surface area contributed by atoms with Gasteiger partial charge in [-0.2, -0.15) is 0 Å². The van der Waals surface area contributed by atoms with E-state index < -0.39 is 0 Å². The standard InChI is InChI=1S/C17H22ClN3OS.HI/c1-19-17(21-10-8-15-4-3-11-23-15)20-9-7-13-5-6-14(22-2)12-16(13)18;/h3-6,11-12H,7-10H2,1-2H3,(H2,19,20,21);1H. The monoisotopic (exact) mass is 479 g/mol. The number of thiophene rings is 1. The van der Waals surface area contributed by atoms with Crippen molar-refractivity contribution in [2.24, 2.45) is 4.99 Å². The molecule has 0 unspecified atom stereocenters. The number of halogens is 2. The van der Waals surface area contributed by atoms with Crippen LogP contribution in [0.4, 0.5) is 0 Å². The van der Waals surface area contributed by atoms with E-state index in [1.807, 2.05) is 18.2 Å². The Hall–Kier alpha value is -0.990. The maximum Gasteiger partial charge on any atom is 0.190 e. The molecule has 0 saturated heterocycles. The molecule has 0 aliphatic rings. The molecule has 0 spiro atoms. The Bertz CT molecular complexity index is 635. The fraction of sp³-hybridized carbons (Fsp3) is 0.353. The summed E-state index contributed by atoms with van der Waals surface area (Å²) in [5, 5.41) is 9.45. The Balaban J connectivity index is 0.00000288. The van der Waals surface area contributed by atoms with Crippen molar-refractivity contribution in [1.82, 2.24) is 10.6 Å². The van der Waals surface area contributed by atoms with Crippen molar-refractivity contribution in [2.45, 2.75) is 12.8 Å². The van der Waals surface area contributed by atoms with Gasteiger partial charge in [0.25, 0.3) is 0 Å². The zero-order chi connectivity index (χ0) is 16.5. The van der Waals surface area contributed by atoms with E-state index >= 15 is 0 Å². The Labute approximate surface area is 169 Å². The molecule has 2 aromatic rings. The second kappa shape index (κ2) is 11.5. The summed E-state index contributed by atoms with van der Waals surface area (Å²) in [4.78, 5) is 5.61. The SMILES string of the molecule is CN=C(NCCc1cccs1)NCCc1ccc(OC)cc1Cl.I. The zero-order valence-corrected chi connectivity index (χ0v) is 17.7. The first-order valence-corrected chi connectivity index (χ1v) is 8.78. The van der Waals surface area contributed by atoms with Crippen LogP contribution in [0.25, 0.3) is 0 Å². The highest BCUT2D eigenvalue weighted by Crippen LogP contribution is 2.22. The molecule has 1 aromatic carbocycles. The summed E-state index contributed by atoms with van der Waals surface area (Å²) >= 11 is 8.02. The maximum absolute atomic E-state index is 6.25. The molecule has 2 rings (SSSR count). The van der Waals surface area contributed by atoms with Crippen molar-refractivity contribution in [2.75, 3.05) is 27.2 Å². The average Bonchev–Trinajstić information content (AvgIpc) is 3.08. The van der Waals surface area contributed by atoms with Crippen LogP contribution in [0, 0.1) is 0 Å².